The first-order chi connectivity index (χ1) is 24.5. The zero-order valence-corrected chi connectivity index (χ0v) is 34.5. The number of rotatable bonds is 14. The van der Waals surface area contributed by atoms with E-state index in [4.69, 9.17) is 4.74 Å². The molecule has 0 bridgehead atoms. The summed E-state index contributed by atoms with van der Waals surface area (Å²) in [5, 5.41) is 2.86. The van der Waals surface area contributed by atoms with Crippen molar-refractivity contribution < 1.29 is 4.74 Å². The van der Waals surface area contributed by atoms with Crippen LogP contribution in [0.5, 0.6) is 5.75 Å². The van der Waals surface area contributed by atoms with Gasteiger partial charge in [0, 0.05) is 5.54 Å². The zero-order chi connectivity index (χ0) is 36.3. The van der Waals surface area contributed by atoms with Gasteiger partial charge in [0.15, 0.2) is 0 Å². The van der Waals surface area contributed by atoms with Crippen molar-refractivity contribution in [2.24, 2.45) is 0 Å². The van der Waals surface area contributed by atoms with Crippen LogP contribution in [0, 0.1) is 6.92 Å². The summed E-state index contributed by atoms with van der Waals surface area (Å²) in [4.78, 5) is 0. The Hall–Kier alpha value is -3.93. The second kappa shape index (κ2) is 15.4. The Morgan fingerprint density at radius 3 is 1.59 bits per heavy atom. The molecule has 0 radical (unpaired) electrons. The van der Waals surface area contributed by atoms with Gasteiger partial charge in [-0.1, -0.05) is 175 Å². The monoisotopic (exact) mass is 706 g/mol. The van der Waals surface area contributed by atoms with Crippen molar-refractivity contribution in [2.45, 2.75) is 97.6 Å². The normalized spacial score (nSPS) is 12.9. The van der Waals surface area contributed by atoms with Crippen LogP contribution >= 0.6 is 0 Å². The van der Waals surface area contributed by atoms with Gasteiger partial charge in [0.05, 0.1) is 16.1 Å². The molecule has 5 aromatic rings. The first-order valence-corrected chi connectivity index (χ1v) is 25.9. The molecule has 0 saturated carbocycles. The fourth-order valence-corrected chi connectivity index (χ4v) is 13.8. The standard InChI is InChI=1S/C48H58OSi2/c1-10-13-19-35-21-15-17-23-39(35)37-25-27-41-42-28-26-38(40-24-18-16-22-36(40)20-14-11-2)33-44(42)48(43(41)32-37)51(8,9)46-31-34(4)30-45(50(5,6)7)47(46)49-29-12-3/h12,15-18,21-28,30-33,48H,3,10-11,13-14,19-20,29H2,1-2,4-9H3. The molecule has 5 aromatic carbocycles. The maximum Gasteiger partial charge on any atom is 0.118 e. The molecule has 264 valence electrons. The molecule has 0 N–H and O–H groups in total. The largest absolute Gasteiger partial charge is 0.490 e. The molecule has 1 aliphatic carbocycles. The number of hydrogen-bond acceptors (Lipinski definition) is 1. The van der Waals surface area contributed by atoms with E-state index >= 15 is 0 Å². The number of hydrogen-bond donors (Lipinski definition) is 0. The van der Waals surface area contributed by atoms with Gasteiger partial charge in [0.25, 0.3) is 0 Å². The molecule has 0 saturated heterocycles. The van der Waals surface area contributed by atoms with Crippen molar-refractivity contribution in [3.05, 3.63) is 138 Å². The molecule has 0 unspecified atom stereocenters. The van der Waals surface area contributed by atoms with Crippen molar-refractivity contribution in [2.75, 3.05) is 6.61 Å². The quantitative estimate of drug-likeness (QED) is 0.0825. The molecule has 0 heterocycles. The van der Waals surface area contributed by atoms with Crippen molar-refractivity contribution >= 4 is 26.5 Å². The Kier molecular flexibility index (Phi) is 11.1. The summed E-state index contributed by atoms with van der Waals surface area (Å²) in [6.07, 6.45) is 8.94. The van der Waals surface area contributed by atoms with E-state index in [0.717, 1.165) is 18.6 Å². The third-order valence-electron chi connectivity index (χ3n) is 11.1. The number of unbranched alkanes of at least 4 members (excludes halogenated alkanes) is 2. The fraction of sp³-hybridized carbons (Fsp3) is 0.333. The Morgan fingerprint density at radius 1 is 0.627 bits per heavy atom. The predicted octanol–water partition coefficient (Wildman–Crippen LogP) is 12.4. The van der Waals surface area contributed by atoms with Crippen LogP contribution in [0.15, 0.2) is 110 Å². The van der Waals surface area contributed by atoms with Crippen molar-refractivity contribution in [3.63, 3.8) is 0 Å². The molecule has 51 heavy (non-hydrogen) atoms. The fourth-order valence-electron chi connectivity index (χ4n) is 8.41. The molecule has 1 nitrogen and oxygen atoms in total. The van der Waals surface area contributed by atoms with Gasteiger partial charge in [-0.15, -0.1) is 0 Å². The number of ether oxygens (including phenoxy) is 1. The summed E-state index contributed by atoms with van der Waals surface area (Å²) in [6, 6.07) is 37.8. The number of aryl methyl sites for hydroxylation is 3. The average Bonchev–Trinajstić information content (AvgIpc) is 3.45. The third kappa shape index (κ3) is 7.39. The van der Waals surface area contributed by atoms with E-state index in [2.05, 4.69) is 157 Å². The molecule has 0 fully saturated rings. The lowest BCUT2D eigenvalue weighted by atomic mass is 9.93. The Labute approximate surface area is 310 Å². The number of fused-ring (bicyclic) bond motifs is 3. The molecular formula is C48H58OSi2. The molecule has 0 atom stereocenters. The van der Waals surface area contributed by atoms with Crippen LogP contribution < -0.4 is 15.1 Å². The third-order valence-corrected chi connectivity index (χ3v) is 16.9. The maximum absolute atomic E-state index is 6.76. The van der Waals surface area contributed by atoms with Crippen LogP contribution in [0.3, 0.4) is 0 Å². The van der Waals surface area contributed by atoms with Crippen LogP contribution in [0.4, 0.5) is 0 Å². The van der Waals surface area contributed by atoms with Crippen molar-refractivity contribution in [3.8, 4) is 39.1 Å². The summed E-state index contributed by atoms with van der Waals surface area (Å²) in [7, 11) is -4.07. The van der Waals surface area contributed by atoms with E-state index in [-0.39, 0.29) is 5.54 Å². The van der Waals surface area contributed by atoms with Gasteiger partial charge >= 0.3 is 0 Å². The van der Waals surface area contributed by atoms with Crippen molar-refractivity contribution in [1.82, 2.24) is 0 Å². The lowest BCUT2D eigenvalue weighted by molar-refractivity contribution is 0.368. The van der Waals surface area contributed by atoms with Crippen molar-refractivity contribution in [1.29, 1.82) is 0 Å². The second-order valence-electron chi connectivity index (χ2n) is 16.3. The number of benzene rings is 5. The smallest absolute Gasteiger partial charge is 0.118 e. The van der Waals surface area contributed by atoms with Gasteiger partial charge in [-0.05, 0) is 98.6 Å². The van der Waals surface area contributed by atoms with E-state index in [1.165, 1.54) is 97.3 Å². The van der Waals surface area contributed by atoms with Gasteiger partial charge in [0.1, 0.15) is 12.4 Å². The van der Waals surface area contributed by atoms with Gasteiger partial charge in [-0.2, -0.15) is 0 Å². The molecular weight excluding hydrogens is 649 g/mol. The van der Waals surface area contributed by atoms with Gasteiger partial charge in [0.2, 0.25) is 0 Å². The van der Waals surface area contributed by atoms with Crippen LogP contribution in [-0.2, 0) is 12.8 Å². The molecule has 0 aromatic heterocycles. The summed E-state index contributed by atoms with van der Waals surface area (Å²) >= 11 is 0. The highest BCUT2D eigenvalue weighted by molar-refractivity contribution is 6.94. The van der Waals surface area contributed by atoms with E-state index in [0.29, 0.717) is 6.61 Å². The molecule has 0 aliphatic heterocycles. The highest BCUT2D eigenvalue weighted by Gasteiger charge is 2.45. The van der Waals surface area contributed by atoms with E-state index < -0.39 is 16.1 Å². The summed E-state index contributed by atoms with van der Waals surface area (Å²) in [5.41, 5.74) is 15.7. The van der Waals surface area contributed by atoms with Crippen LogP contribution in [-0.4, -0.2) is 22.8 Å². The minimum Gasteiger partial charge on any atom is -0.490 e. The minimum absolute atomic E-state index is 0.273. The topological polar surface area (TPSA) is 9.23 Å². The summed E-state index contributed by atoms with van der Waals surface area (Å²) in [6.45, 7) is 24.0. The zero-order valence-electron chi connectivity index (χ0n) is 32.5. The van der Waals surface area contributed by atoms with Crippen LogP contribution in [0.1, 0.15) is 72.9 Å². The first kappa shape index (κ1) is 36.9. The first-order valence-electron chi connectivity index (χ1n) is 19.3. The summed E-state index contributed by atoms with van der Waals surface area (Å²) in [5.74, 6) is 1.13. The second-order valence-corrected chi connectivity index (χ2v) is 25.9. The minimum atomic E-state index is -2.34. The van der Waals surface area contributed by atoms with E-state index in [9.17, 15) is 0 Å². The van der Waals surface area contributed by atoms with Crippen LogP contribution in [0.25, 0.3) is 33.4 Å². The van der Waals surface area contributed by atoms with Crippen LogP contribution in [0.2, 0.25) is 32.7 Å². The maximum atomic E-state index is 6.76. The molecule has 3 heteroatoms. The Morgan fingerprint density at radius 2 is 1.12 bits per heavy atom. The highest BCUT2D eigenvalue weighted by Crippen LogP contribution is 2.51. The van der Waals surface area contributed by atoms with Gasteiger partial charge in [-0.3, -0.25) is 0 Å². The Bertz CT molecular complexity index is 1930. The Balaban J connectivity index is 1.60. The molecule has 0 amide bonds. The predicted molar refractivity (Wildman–Crippen MR) is 229 cm³/mol. The molecule has 6 rings (SSSR count). The summed E-state index contributed by atoms with van der Waals surface area (Å²) < 4.78 is 6.76. The molecule has 0 spiro atoms. The lowest BCUT2D eigenvalue weighted by Gasteiger charge is -2.36. The van der Waals surface area contributed by atoms with E-state index in [1.807, 2.05) is 6.08 Å². The van der Waals surface area contributed by atoms with Gasteiger partial charge < -0.3 is 4.74 Å². The lowest BCUT2D eigenvalue weighted by Crippen LogP contribution is -2.52. The van der Waals surface area contributed by atoms with E-state index in [1.54, 1.807) is 0 Å². The average molecular weight is 707 g/mol. The highest BCUT2D eigenvalue weighted by atomic mass is 28.3. The molecule has 1 aliphatic rings. The van der Waals surface area contributed by atoms with Gasteiger partial charge in [-0.25, -0.2) is 0 Å². The SMILES string of the molecule is C=CCOc1c([Si](C)(C)C)cc(C)cc1[Si](C)(C)C1c2cc(-c3ccccc3CCCC)ccc2-c2ccc(-c3ccccc3CCCC)cc21.